The fourth-order valence-electron chi connectivity index (χ4n) is 1.35. The van der Waals surface area contributed by atoms with Crippen LogP contribution in [0.15, 0.2) is 0 Å². The normalized spacial score (nSPS) is 28.3. The van der Waals surface area contributed by atoms with E-state index in [0.717, 1.165) is 18.9 Å². The Bertz CT molecular complexity index is 66.6. The van der Waals surface area contributed by atoms with Crippen molar-refractivity contribution >= 4 is 0 Å². The fourth-order valence-corrected chi connectivity index (χ4v) is 1.35. The first kappa shape index (κ1) is 7.03. The molecule has 1 fully saturated rings. The molecule has 1 atom stereocenters. The zero-order valence-electron chi connectivity index (χ0n) is 5.77. The number of aliphatic hydroxyl groups is 1. The van der Waals surface area contributed by atoms with Crippen molar-refractivity contribution < 1.29 is 5.11 Å². The van der Waals surface area contributed by atoms with Crippen molar-refractivity contribution in [3.63, 3.8) is 0 Å². The number of hydrogen-bond acceptors (Lipinski definition) is 2. The van der Waals surface area contributed by atoms with E-state index in [9.17, 15) is 0 Å². The van der Waals surface area contributed by atoms with Crippen LogP contribution in [0.5, 0.6) is 0 Å². The fraction of sp³-hybridized carbons (Fsp3) is 1.00. The van der Waals surface area contributed by atoms with E-state index < -0.39 is 0 Å². The van der Waals surface area contributed by atoms with E-state index in [-0.39, 0.29) is 0 Å². The van der Waals surface area contributed by atoms with Crippen LogP contribution in [0, 0.1) is 5.92 Å². The molecule has 1 rings (SSSR count). The van der Waals surface area contributed by atoms with Gasteiger partial charge in [0, 0.05) is 6.61 Å². The molecule has 0 aliphatic carbocycles. The van der Waals surface area contributed by atoms with Crippen LogP contribution < -0.4 is 5.32 Å². The lowest BCUT2D eigenvalue weighted by atomic mass is 9.97. The lowest BCUT2D eigenvalue weighted by Gasteiger charge is -2.21. The Hall–Kier alpha value is -0.0800. The summed E-state index contributed by atoms with van der Waals surface area (Å²) < 4.78 is 0. The molecule has 0 saturated carbocycles. The van der Waals surface area contributed by atoms with Gasteiger partial charge in [0.15, 0.2) is 0 Å². The SMILES string of the molecule is OCC[C@@H]1CCCNC1. The predicted molar refractivity (Wildman–Crippen MR) is 37.3 cm³/mol. The highest BCUT2D eigenvalue weighted by Crippen LogP contribution is 2.12. The molecular formula is C7H15NO. The van der Waals surface area contributed by atoms with Gasteiger partial charge in [0.25, 0.3) is 0 Å². The number of rotatable bonds is 2. The molecular weight excluding hydrogens is 114 g/mol. The molecule has 2 nitrogen and oxygen atoms in total. The zero-order valence-corrected chi connectivity index (χ0v) is 5.77. The van der Waals surface area contributed by atoms with E-state index in [1.807, 2.05) is 0 Å². The molecule has 2 heteroatoms. The van der Waals surface area contributed by atoms with Crippen LogP contribution in [-0.2, 0) is 0 Å². The summed E-state index contributed by atoms with van der Waals surface area (Å²) in [7, 11) is 0. The second-order valence-electron chi connectivity index (χ2n) is 2.72. The topological polar surface area (TPSA) is 32.3 Å². The third-order valence-corrected chi connectivity index (χ3v) is 1.94. The largest absolute Gasteiger partial charge is 0.396 e. The molecule has 1 heterocycles. The van der Waals surface area contributed by atoms with Crippen molar-refractivity contribution in [1.29, 1.82) is 0 Å². The standard InChI is InChI=1S/C7H15NO/c9-5-3-7-2-1-4-8-6-7/h7-9H,1-6H2/t7-/m0/s1. The molecule has 1 saturated heterocycles. The van der Waals surface area contributed by atoms with Crippen molar-refractivity contribution in [1.82, 2.24) is 5.32 Å². The molecule has 54 valence electrons. The third-order valence-electron chi connectivity index (χ3n) is 1.94. The quantitative estimate of drug-likeness (QED) is 0.564. The van der Waals surface area contributed by atoms with Crippen LogP contribution in [0.25, 0.3) is 0 Å². The maximum absolute atomic E-state index is 8.59. The summed E-state index contributed by atoms with van der Waals surface area (Å²) in [5, 5.41) is 11.9. The Morgan fingerprint density at radius 3 is 3.00 bits per heavy atom. The van der Waals surface area contributed by atoms with E-state index in [1.165, 1.54) is 19.4 Å². The molecule has 1 aliphatic heterocycles. The first-order valence-corrected chi connectivity index (χ1v) is 3.75. The Morgan fingerprint density at radius 1 is 1.56 bits per heavy atom. The van der Waals surface area contributed by atoms with Gasteiger partial charge in [-0.2, -0.15) is 0 Å². The summed E-state index contributed by atoms with van der Waals surface area (Å²) in [4.78, 5) is 0. The van der Waals surface area contributed by atoms with E-state index in [1.54, 1.807) is 0 Å². The smallest absolute Gasteiger partial charge is 0.0434 e. The Balaban J connectivity index is 2.08. The average Bonchev–Trinajstić information content (AvgIpc) is 1.91. The van der Waals surface area contributed by atoms with Crippen LogP contribution in [-0.4, -0.2) is 24.8 Å². The predicted octanol–water partition coefficient (Wildman–Crippen LogP) is 0.368. The van der Waals surface area contributed by atoms with Gasteiger partial charge in [0.2, 0.25) is 0 Å². The monoisotopic (exact) mass is 129 g/mol. The summed E-state index contributed by atoms with van der Waals surface area (Å²) in [6.07, 6.45) is 3.56. The second kappa shape index (κ2) is 3.85. The van der Waals surface area contributed by atoms with Gasteiger partial charge >= 0.3 is 0 Å². The van der Waals surface area contributed by atoms with Crippen LogP contribution in [0.4, 0.5) is 0 Å². The number of piperidine rings is 1. The van der Waals surface area contributed by atoms with Crippen molar-refractivity contribution in [2.45, 2.75) is 19.3 Å². The minimum absolute atomic E-state index is 0.354. The van der Waals surface area contributed by atoms with Gasteiger partial charge in [0.1, 0.15) is 0 Å². The van der Waals surface area contributed by atoms with E-state index in [2.05, 4.69) is 5.32 Å². The Morgan fingerprint density at radius 2 is 2.44 bits per heavy atom. The highest BCUT2D eigenvalue weighted by Gasteiger charge is 2.10. The third kappa shape index (κ3) is 2.33. The molecule has 0 bridgehead atoms. The summed E-state index contributed by atoms with van der Waals surface area (Å²) in [6, 6.07) is 0. The molecule has 2 N–H and O–H groups in total. The maximum Gasteiger partial charge on any atom is 0.0434 e. The summed E-state index contributed by atoms with van der Waals surface area (Å²) >= 11 is 0. The Kier molecular flexibility index (Phi) is 3.01. The minimum atomic E-state index is 0.354. The summed E-state index contributed by atoms with van der Waals surface area (Å²) in [6.45, 7) is 2.63. The molecule has 0 amide bonds. The molecule has 0 aromatic carbocycles. The molecule has 0 unspecified atom stereocenters. The maximum atomic E-state index is 8.59. The minimum Gasteiger partial charge on any atom is -0.396 e. The van der Waals surface area contributed by atoms with E-state index in [0.29, 0.717) is 6.61 Å². The number of hydrogen-bond donors (Lipinski definition) is 2. The van der Waals surface area contributed by atoms with E-state index in [4.69, 9.17) is 5.11 Å². The first-order valence-electron chi connectivity index (χ1n) is 3.75. The number of aliphatic hydroxyl groups excluding tert-OH is 1. The molecule has 1 aliphatic rings. The van der Waals surface area contributed by atoms with Crippen LogP contribution in [0.2, 0.25) is 0 Å². The molecule has 0 radical (unpaired) electrons. The lowest BCUT2D eigenvalue weighted by molar-refractivity contribution is 0.237. The van der Waals surface area contributed by atoms with Gasteiger partial charge in [-0.25, -0.2) is 0 Å². The van der Waals surface area contributed by atoms with Crippen LogP contribution in [0.3, 0.4) is 0 Å². The van der Waals surface area contributed by atoms with Gasteiger partial charge in [0.05, 0.1) is 0 Å². The van der Waals surface area contributed by atoms with E-state index >= 15 is 0 Å². The Labute approximate surface area is 56.3 Å². The lowest BCUT2D eigenvalue weighted by Crippen LogP contribution is -2.30. The average molecular weight is 129 g/mol. The van der Waals surface area contributed by atoms with Gasteiger partial charge in [-0.05, 0) is 38.3 Å². The molecule has 0 spiro atoms. The highest BCUT2D eigenvalue weighted by molar-refractivity contribution is 4.67. The molecule has 9 heavy (non-hydrogen) atoms. The zero-order chi connectivity index (χ0) is 6.53. The van der Waals surface area contributed by atoms with Crippen molar-refractivity contribution in [3.05, 3.63) is 0 Å². The van der Waals surface area contributed by atoms with Crippen molar-refractivity contribution in [2.24, 2.45) is 5.92 Å². The van der Waals surface area contributed by atoms with Gasteiger partial charge in [-0.3, -0.25) is 0 Å². The van der Waals surface area contributed by atoms with Gasteiger partial charge in [-0.1, -0.05) is 0 Å². The first-order chi connectivity index (χ1) is 4.43. The molecule has 0 aromatic heterocycles. The van der Waals surface area contributed by atoms with Crippen molar-refractivity contribution in [2.75, 3.05) is 19.7 Å². The van der Waals surface area contributed by atoms with Crippen LogP contribution in [0.1, 0.15) is 19.3 Å². The highest BCUT2D eigenvalue weighted by atomic mass is 16.3. The van der Waals surface area contributed by atoms with Crippen LogP contribution >= 0.6 is 0 Å². The number of nitrogens with one attached hydrogen (secondary N) is 1. The van der Waals surface area contributed by atoms with Gasteiger partial charge in [-0.15, -0.1) is 0 Å². The van der Waals surface area contributed by atoms with Crippen molar-refractivity contribution in [3.8, 4) is 0 Å². The van der Waals surface area contributed by atoms with Gasteiger partial charge < -0.3 is 10.4 Å². The molecule has 0 aromatic rings. The summed E-state index contributed by atoms with van der Waals surface area (Å²) in [5.41, 5.74) is 0. The second-order valence-corrected chi connectivity index (χ2v) is 2.72. The summed E-state index contributed by atoms with van der Waals surface area (Å²) in [5.74, 6) is 0.740.